The Labute approximate surface area is 130 Å². The molecule has 0 aromatic heterocycles. The second-order valence-electron chi connectivity index (χ2n) is 6.50. The van der Waals surface area contributed by atoms with Crippen LogP contribution in [0, 0.1) is 5.41 Å². The molecule has 0 aromatic carbocycles. The molecule has 1 atom stereocenters. The van der Waals surface area contributed by atoms with Crippen molar-refractivity contribution in [3.8, 4) is 0 Å². The number of carbonyl (C=O) groups excluding carboxylic acids is 2. The number of carboxylic acids is 1. The van der Waals surface area contributed by atoms with Gasteiger partial charge in [-0.15, -0.1) is 0 Å². The Balaban J connectivity index is 2.47. The minimum atomic E-state index is -1.02. The Morgan fingerprint density at radius 1 is 1.32 bits per heavy atom. The summed E-state index contributed by atoms with van der Waals surface area (Å²) in [5.41, 5.74) is 11.6. The molecule has 0 heterocycles. The van der Waals surface area contributed by atoms with Crippen molar-refractivity contribution in [2.45, 2.75) is 52.5 Å². The highest BCUT2D eigenvalue weighted by Gasteiger charge is 2.36. The molecule has 0 spiro atoms. The van der Waals surface area contributed by atoms with Gasteiger partial charge in [0, 0.05) is 25.1 Å². The Bertz CT molecular complexity index is 475. The molecule has 1 saturated carbocycles. The second kappa shape index (κ2) is 7.51. The predicted octanol–water partition coefficient (Wildman–Crippen LogP) is 0.505. The fraction of sp³-hybridized carbons (Fsp3) is 0.667. The Morgan fingerprint density at radius 3 is 2.36 bits per heavy atom. The van der Waals surface area contributed by atoms with E-state index in [0.29, 0.717) is 37.9 Å². The first-order chi connectivity index (χ1) is 10.1. The normalized spacial score (nSPS) is 19.0. The van der Waals surface area contributed by atoms with Crippen LogP contribution >= 0.6 is 0 Å². The quantitative estimate of drug-likeness (QED) is 0.234. The van der Waals surface area contributed by atoms with Gasteiger partial charge in [0.25, 0.3) is 0 Å². The fourth-order valence-electron chi connectivity index (χ4n) is 2.47. The van der Waals surface area contributed by atoms with Crippen LogP contribution in [0.2, 0.25) is 0 Å². The predicted molar refractivity (Wildman–Crippen MR) is 81.7 cm³/mol. The topological polar surface area (TPSA) is 122 Å². The molecule has 22 heavy (non-hydrogen) atoms. The molecule has 7 nitrogen and oxygen atoms in total. The zero-order valence-corrected chi connectivity index (χ0v) is 13.4. The highest BCUT2D eigenvalue weighted by Crippen LogP contribution is 2.34. The van der Waals surface area contributed by atoms with Crippen LogP contribution in [-0.4, -0.2) is 35.2 Å². The summed E-state index contributed by atoms with van der Waals surface area (Å²) in [6.07, 6.45) is 1.64. The monoisotopic (exact) mass is 311 g/mol. The molecule has 1 aliphatic carbocycles. The van der Waals surface area contributed by atoms with Crippen molar-refractivity contribution in [2.75, 3.05) is 6.54 Å². The third kappa shape index (κ3) is 5.23. The summed E-state index contributed by atoms with van der Waals surface area (Å²) in [5.74, 6) is -1.30. The molecule has 0 aromatic rings. The fourth-order valence-corrected chi connectivity index (χ4v) is 2.47. The minimum absolute atomic E-state index is 0.138. The number of Topliss-reactive ketones (excluding diaryl/α,β-unsaturated/α-hetero) is 2. The Morgan fingerprint density at radius 2 is 1.86 bits per heavy atom. The third-order valence-corrected chi connectivity index (χ3v) is 3.62. The zero-order valence-electron chi connectivity index (χ0n) is 13.4. The van der Waals surface area contributed by atoms with Gasteiger partial charge in [0.15, 0.2) is 11.6 Å². The van der Waals surface area contributed by atoms with Crippen molar-refractivity contribution in [1.82, 2.24) is 10.9 Å². The van der Waals surface area contributed by atoms with E-state index in [1.807, 2.05) is 13.8 Å². The van der Waals surface area contributed by atoms with Gasteiger partial charge < -0.3 is 16.3 Å². The molecule has 0 unspecified atom stereocenters. The number of hydrazine groups is 1. The van der Waals surface area contributed by atoms with Gasteiger partial charge in [-0.2, -0.15) is 0 Å². The summed E-state index contributed by atoms with van der Waals surface area (Å²) in [5, 5.41) is 8.65. The number of carbonyl (C=O) groups is 3. The Hall–Kier alpha value is -1.73. The van der Waals surface area contributed by atoms with Crippen molar-refractivity contribution in [2.24, 2.45) is 11.1 Å². The van der Waals surface area contributed by atoms with Crippen LogP contribution < -0.4 is 16.6 Å². The van der Waals surface area contributed by atoms with Crippen LogP contribution in [0.4, 0.5) is 0 Å². The van der Waals surface area contributed by atoms with Gasteiger partial charge in [-0.25, -0.2) is 5.43 Å². The SMILES string of the molecule is CC(NNCCC[C@@H](N)C(=O)O)=C1C(=O)CC(C)(C)CC1=O. The van der Waals surface area contributed by atoms with Gasteiger partial charge in [0.05, 0.1) is 5.57 Å². The third-order valence-electron chi connectivity index (χ3n) is 3.62. The van der Waals surface area contributed by atoms with E-state index in [-0.39, 0.29) is 22.6 Å². The molecule has 0 radical (unpaired) electrons. The van der Waals surface area contributed by atoms with Crippen molar-refractivity contribution in [3.05, 3.63) is 11.3 Å². The largest absolute Gasteiger partial charge is 0.480 e. The lowest BCUT2D eigenvalue weighted by atomic mass is 9.73. The molecule has 124 valence electrons. The van der Waals surface area contributed by atoms with Gasteiger partial charge in [0.1, 0.15) is 6.04 Å². The molecule has 7 heteroatoms. The van der Waals surface area contributed by atoms with Crippen LogP contribution in [-0.2, 0) is 14.4 Å². The summed E-state index contributed by atoms with van der Waals surface area (Å²) in [7, 11) is 0. The summed E-state index contributed by atoms with van der Waals surface area (Å²) in [6.45, 7) is 5.98. The van der Waals surface area contributed by atoms with E-state index in [1.54, 1.807) is 6.92 Å². The van der Waals surface area contributed by atoms with Crippen LogP contribution in [0.15, 0.2) is 11.3 Å². The van der Waals surface area contributed by atoms with E-state index < -0.39 is 12.0 Å². The molecule has 0 aliphatic heterocycles. The minimum Gasteiger partial charge on any atom is -0.480 e. The number of allylic oxidation sites excluding steroid dienone is 2. The first-order valence-electron chi connectivity index (χ1n) is 7.38. The van der Waals surface area contributed by atoms with Crippen molar-refractivity contribution < 1.29 is 19.5 Å². The number of hydrogen-bond acceptors (Lipinski definition) is 6. The molecule has 0 amide bonds. The molecular formula is C15H25N3O4. The van der Waals surface area contributed by atoms with E-state index in [2.05, 4.69) is 10.9 Å². The van der Waals surface area contributed by atoms with Crippen LogP contribution in [0.1, 0.15) is 46.5 Å². The number of carboxylic acid groups (broad SMARTS) is 1. The summed E-state index contributed by atoms with van der Waals surface area (Å²) < 4.78 is 0. The maximum Gasteiger partial charge on any atom is 0.320 e. The van der Waals surface area contributed by atoms with Crippen LogP contribution in [0.3, 0.4) is 0 Å². The van der Waals surface area contributed by atoms with E-state index in [0.717, 1.165) is 0 Å². The molecule has 1 aliphatic rings. The van der Waals surface area contributed by atoms with Gasteiger partial charge in [-0.05, 0) is 25.2 Å². The van der Waals surface area contributed by atoms with Gasteiger partial charge in [-0.1, -0.05) is 13.8 Å². The number of nitrogens with two attached hydrogens (primary N) is 1. The van der Waals surface area contributed by atoms with Crippen LogP contribution in [0.25, 0.3) is 0 Å². The smallest absolute Gasteiger partial charge is 0.320 e. The number of aliphatic carboxylic acids is 1. The average Bonchev–Trinajstić information content (AvgIpc) is 2.35. The van der Waals surface area contributed by atoms with E-state index in [9.17, 15) is 14.4 Å². The van der Waals surface area contributed by atoms with E-state index in [1.165, 1.54) is 0 Å². The standard InChI is InChI=1S/C15H25N3O4/c1-9(18-17-6-4-5-10(16)14(21)22)13-11(19)7-15(2,3)8-12(13)20/h10,17-18H,4-8,16H2,1-3H3,(H,21,22)/t10-/m1/s1. The van der Waals surface area contributed by atoms with Gasteiger partial charge >= 0.3 is 5.97 Å². The first-order valence-corrected chi connectivity index (χ1v) is 7.38. The molecule has 1 fully saturated rings. The first kappa shape index (κ1) is 18.3. The van der Waals surface area contributed by atoms with Crippen molar-refractivity contribution >= 4 is 17.5 Å². The molecule has 1 rings (SSSR count). The zero-order chi connectivity index (χ0) is 16.9. The molecule has 0 bridgehead atoms. The van der Waals surface area contributed by atoms with E-state index >= 15 is 0 Å². The number of nitrogens with one attached hydrogen (secondary N) is 2. The van der Waals surface area contributed by atoms with Crippen molar-refractivity contribution in [3.63, 3.8) is 0 Å². The summed E-state index contributed by atoms with van der Waals surface area (Å²) in [6, 6.07) is -0.870. The molecular weight excluding hydrogens is 286 g/mol. The van der Waals surface area contributed by atoms with Gasteiger partial charge in [-0.3, -0.25) is 14.4 Å². The summed E-state index contributed by atoms with van der Waals surface area (Å²) in [4.78, 5) is 34.7. The van der Waals surface area contributed by atoms with Crippen LogP contribution in [0.5, 0.6) is 0 Å². The maximum atomic E-state index is 12.1. The van der Waals surface area contributed by atoms with E-state index in [4.69, 9.17) is 10.8 Å². The van der Waals surface area contributed by atoms with Crippen molar-refractivity contribution in [1.29, 1.82) is 0 Å². The highest BCUT2D eigenvalue weighted by molar-refractivity contribution is 6.22. The average molecular weight is 311 g/mol. The lowest BCUT2D eigenvalue weighted by Gasteiger charge is -2.29. The number of ketones is 2. The maximum absolute atomic E-state index is 12.1. The Kier molecular flexibility index (Phi) is 6.25. The lowest BCUT2D eigenvalue weighted by Crippen LogP contribution is -2.38. The van der Waals surface area contributed by atoms with Gasteiger partial charge in [0.2, 0.25) is 0 Å². The second-order valence-corrected chi connectivity index (χ2v) is 6.50. The summed E-state index contributed by atoms with van der Waals surface area (Å²) >= 11 is 0. The lowest BCUT2D eigenvalue weighted by molar-refractivity contribution is -0.138. The number of rotatable bonds is 7. The molecule has 0 saturated heterocycles. The molecule has 5 N–H and O–H groups in total. The number of hydrogen-bond donors (Lipinski definition) is 4. The highest BCUT2D eigenvalue weighted by atomic mass is 16.4.